The van der Waals surface area contributed by atoms with E-state index in [2.05, 4.69) is 46.9 Å². The molecular weight excluding hydrogens is 216 g/mol. The molecule has 0 aliphatic heterocycles. The molecular formula is C13H16N2S. The van der Waals surface area contributed by atoms with E-state index in [4.69, 9.17) is 0 Å². The Morgan fingerprint density at radius 2 is 2.25 bits per heavy atom. The fourth-order valence-corrected chi connectivity index (χ4v) is 2.52. The van der Waals surface area contributed by atoms with E-state index in [0.717, 1.165) is 18.5 Å². The lowest BCUT2D eigenvalue weighted by Gasteiger charge is -2.02. The van der Waals surface area contributed by atoms with Crippen molar-refractivity contribution in [3.63, 3.8) is 0 Å². The van der Waals surface area contributed by atoms with Gasteiger partial charge in [-0.05, 0) is 24.1 Å². The minimum Gasteiger partial charge on any atom is -0.388 e. The zero-order valence-corrected chi connectivity index (χ0v) is 10.5. The third-order valence-electron chi connectivity index (χ3n) is 2.53. The molecule has 0 atom stereocenters. The molecule has 0 saturated heterocycles. The van der Waals surface area contributed by atoms with Crippen LogP contribution in [0.15, 0.2) is 29.6 Å². The highest BCUT2D eigenvalue weighted by Crippen LogP contribution is 2.17. The van der Waals surface area contributed by atoms with Crippen LogP contribution in [-0.4, -0.2) is 12.0 Å². The molecule has 1 N–H and O–H groups in total. The van der Waals surface area contributed by atoms with Crippen LogP contribution in [-0.2, 0) is 12.8 Å². The summed E-state index contributed by atoms with van der Waals surface area (Å²) in [4.78, 5) is 4.58. The highest BCUT2D eigenvalue weighted by atomic mass is 32.1. The third-order valence-corrected chi connectivity index (χ3v) is 3.43. The van der Waals surface area contributed by atoms with Gasteiger partial charge >= 0.3 is 0 Å². The fourth-order valence-electron chi connectivity index (χ4n) is 1.60. The van der Waals surface area contributed by atoms with Gasteiger partial charge in [0.25, 0.3) is 0 Å². The quantitative estimate of drug-likeness (QED) is 0.874. The van der Waals surface area contributed by atoms with Gasteiger partial charge in [-0.15, -0.1) is 11.3 Å². The number of rotatable bonds is 4. The molecule has 0 amide bonds. The molecule has 0 aliphatic carbocycles. The summed E-state index contributed by atoms with van der Waals surface area (Å²) >= 11 is 1.75. The van der Waals surface area contributed by atoms with Crippen LogP contribution in [0.1, 0.15) is 23.2 Å². The molecule has 0 radical (unpaired) electrons. The van der Waals surface area contributed by atoms with E-state index >= 15 is 0 Å². The summed E-state index contributed by atoms with van der Waals surface area (Å²) in [5, 5.41) is 6.50. The molecule has 1 heterocycles. The van der Waals surface area contributed by atoms with Gasteiger partial charge in [-0.3, -0.25) is 0 Å². The second kappa shape index (κ2) is 5.12. The van der Waals surface area contributed by atoms with Crippen LogP contribution in [0.5, 0.6) is 0 Å². The Morgan fingerprint density at radius 1 is 1.38 bits per heavy atom. The Labute approximate surface area is 100 Å². The van der Waals surface area contributed by atoms with Crippen LogP contribution < -0.4 is 5.32 Å². The fraction of sp³-hybridized carbons (Fsp3) is 0.308. The standard InChI is InChI=1S/C13H16N2S/c1-3-11-9-16-13(15-11)8-10-5-4-6-12(7-10)14-2/h4-7,9,14H,3,8H2,1-2H3. The number of hydrogen-bond acceptors (Lipinski definition) is 3. The summed E-state index contributed by atoms with van der Waals surface area (Å²) in [7, 11) is 1.94. The molecule has 0 saturated carbocycles. The van der Waals surface area contributed by atoms with Crippen molar-refractivity contribution >= 4 is 17.0 Å². The minimum atomic E-state index is 0.931. The van der Waals surface area contributed by atoms with E-state index in [1.165, 1.54) is 16.3 Å². The van der Waals surface area contributed by atoms with E-state index in [-0.39, 0.29) is 0 Å². The first-order valence-electron chi connectivity index (χ1n) is 5.51. The maximum Gasteiger partial charge on any atom is 0.0972 e. The Kier molecular flexibility index (Phi) is 3.57. The Hall–Kier alpha value is -1.35. The Bertz CT molecular complexity index is 462. The van der Waals surface area contributed by atoms with Crippen LogP contribution in [0.4, 0.5) is 5.69 Å². The summed E-state index contributed by atoms with van der Waals surface area (Å²) < 4.78 is 0. The number of nitrogens with one attached hydrogen (secondary N) is 1. The van der Waals surface area contributed by atoms with E-state index < -0.39 is 0 Å². The first kappa shape index (κ1) is 11.1. The zero-order chi connectivity index (χ0) is 11.4. The Morgan fingerprint density at radius 3 is 2.94 bits per heavy atom. The smallest absolute Gasteiger partial charge is 0.0972 e. The lowest BCUT2D eigenvalue weighted by molar-refractivity contribution is 1.02. The van der Waals surface area contributed by atoms with Gasteiger partial charge in [-0.25, -0.2) is 4.98 Å². The van der Waals surface area contributed by atoms with Gasteiger partial charge in [0.05, 0.1) is 10.7 Å². The average Bonchev–Trinajstić information content (AvgIpc) is 2.77. The van der Waals surface area contributed by atoms with Gasteiger partial charge in [0.2, 0.25) is 0 Å². The van der Waals surface area contributed by atoms with E-state index in [1.54, 1.807) is 11.3 Å². The number of anilines is 1. The van der Waals surface area contributed by atoms with Gasteiger partial charge in [0.1, 0.15) is 0 Å². The molecule has 2 nitrogen and oxygen atoms in total. The first-order chi connectivity index (χ1) is 7.81. The highest BCUT2D eigenvalue weighted by Gasteiger charge is 2.02. The topological polar surface area (TPSA) is 24.9 Å². The molecule has 16 heavy (non-hydrogen) atoms. The Balaban J connectivity index is 2.13. The normalized spacial score (nSPS) is 10.4. The largest absolute Gasteiger partial charge is 0.388 e. The van der Waals surface area contributed by atoms with Crippen molar-refractivity contribution in [3.8, 4) is 0 Å². The van der Waals surface area contributed by atoms with E-state index in [0.29, 0.717) is 0 Å². The molecule has 0 spiro atoms. The van der Waals surface area contributed by atoms with Crippen molar-refractivity contribution in [3.05, 3.63) is 45.9 Å². The van der Waals surface area contributed by atoms with E-state index in [1.807, 2.05) is 7.05 Å². The van der Waals surface area contributed by atoms with Gasteiger partial charge in [0.15, 0.2) is 0 Å². The molecule has 0 aliphatic rings. The predicted molar refractivity (Wildman–Crippen MR) is 70.3 cm³/mol. The maximum absolute atomic E-state index is 4.58. The molecule has 2 aromatic rings. The van der Waals surface area contributed by atoms with Crippen molar-refractivity contribution < 1.29 is 0 Å². The lowest BCUT2D eigenvalue weighted by Crippen LogP contribution is -1.92. The molecule has 1 aromatic carbocycles. The van der Waals surface area contributed by atoms with E-state index in [9.17, 15) is 0 Å². The predicted octanol–water partition coefficient (Wildman–Crippen LogP) is 3.34. The number of thiazole rings is 1. The van der Waals surface area contributed by atoms with Crippen molar-refractivity contribution in [2.24, 2.45) is 0 Å². The molecule has 0 unspecified atom stereocenters. The molecule has 1 aromatic heterocycles. The van der Waals surface area contributed by atoms with Crippen LogP contribution in [0, 0.1) is 0 Å². The monoisotopic (exact) mass is 232 g/mol. The SMILES string of the molecule is CCc1csc(Cc2cccc(NC)c2)n1. The number of benzene rings is 1. The van der Waals surface area contributed by atoms with Crippen molar-refractivity contribution in [2.75, 3.05) is 12.4 Å². The van der Waals surface area contributed by atoms with Gasteiger partial charge in [0, 0.05) is 24.5 Å². The van der Waals surface area contributed by atoms with Crippen molar-refractivity contribution in [1.29, 1.82) is 0 Å². The number of aryl methyl sites for hydroxylation is 1. The summed E-state index contributed by atoms with van der Waals surface area (Å²) in [6.07, 6.45) is 1.95. The maximum atomic E-state index is 4.58. The third kappa shape index (κ3) is 2.61. The molecule has 84 valence electrons. The average molecular weight is 232 g/mol. The van der Waals surface area contributed by atoms with Crippen LogP contribution in [0.25, 0.3) is 0 Å². The summed E-state index contributed by atoms with van der Waals surface area (Å²) in [5.74, 6) is 0. The van der Waals surface area contributed by atoms with Crippen LogP contribution >= 0.6 is 11.3 Å². The van der Waals surface area contributed by atoms with Crippen LogP contribution in [0.2, 0.25) is 0 Å². The molecule has 2 rings (SSSR count). The number of hydrogen-bond donors (Lipinski definition) is 1. The molecule has 0 bridgehead atoms. The first-order valence-corrected chi connectivity index (χ1v) is 6.39. The van der Waals surface area contributed by atoms with Crippen molar-refractivity contribution in [2.45, 2.75) is 19.8 Å². The summed E-state index contributed by atoms with van der Waals surface area (Å²) in [5.41, 5.74) is 3.67. The van der Waals surface area contributed by atoms with Crippen LogP contribution in [0.3, 0.4) is 0 Å². The molecule has 3 heteroatoms. The minimum absolute atomic E-state index is 0.931. The highest BCUT2D eigenvalue weighted by molar-refractivity contribution is 7.09. The molecule has 0 fully saturated rings. The van der Waals surface area contributed by atoms with Gasteiger partial charge in [-0.1, -0.05) is 19.1 Å². The zero-order valence-electron chi connectivity index (χ0n) is 9.66. The summed E-state index contributed by atoms with van der Waals surface area (Å²) in [6.45, 7) is 2.14. The number of nitrogens with zero attached hydrogens (tertiary/aromatic N) is 1. The second-order valence-electron chi connectivity index (χ2n) is 3.71. The number of aromatic nitrogens is 1. The van der Waals surface area contributed by atoms with Gasteiger partial charge in [-0.2, -0.15) is 0 Å². The summed E-state index contributed by atoms with van der Waals surface area (Å²) in [6, 6.07) is 8.47. The van der Waals surface area contributed by atoms with Gasteiger partial charge < -0.3 is 5.32 Å². The van der Waals surface area contributed by atoms with Crippen molar-refractivity contribution in [1.82, 2.24) is 4.98 Å². The lowest BCUT2D eigenvalue weighted by atomic mass is 10.1. The second-order valence-corrected chi connectivity index (χ2v) is 4.66.